The Kier molecular flexibility index (Phi) is 3.15. The van der Waals surface area contributed by atoms with Gasteiger partial charge >= 0.3 is 0 Å². The standard InChI is InChI=1S/C11H16/c1-10(2)11-8-6-4-3-5-7-9-11/h3-4,6,8-10H,5,7H2,1-2H3/b4-3+,8-6-,11-9+. The van der Waals surface area contributed by atoms with Crippen molar-refractivity contribution in [2.45, 2.75) is 26.7 Å². The molecule has 0 nitrogen and oxygen atoms in total. The first kappa shape index (κ1) is 8.32. The maximum Gasteiger partial charge on any atom is -0.0222 e. The Morgan fingerprint density at radius 3 is 2.73 bits per heavy atom. The molecule has 0 spiro atoms. The van der Waals surface area contributed by atoms with Crippen molar-refractivity contribution in [2.24, 2.45) is 5.92 Å². The lowest BCUT2D eigenvalue weighted by atomic mass is 10.00. The van der Waals surface area contributed by atoms with E-state index in [2.05, 4.69) is 44.2 Å². The maximum absolute atomic E-state index is 2.34. The summed E-state index contributed by atoms with van der Waals surface area (Å²) in [4.78, 5) is 0. The fourth-order valence-electron chi connectivity index (χ4n) is 1.18. The van der Waals surface area contributed by atoms with E-state index in [1.807, 2.05) is 0 Å². The number of hydrogen-bond acceptors (Lipinski definition) is 0. The molecule has 1 aliphatic carbocycles. The molecule has 1 rings (SSSR count). The Bertz CT molecular complexity index is 192. The summed E-state index contributed by atoms with van der Waals surface area (Å²) in [5.41, 5.74) is 1.47. The van der Waals surface area contributed by atoms with Gasteiger partial charge < -0.3 is 0 Å². The van der Waals surface area contributed by atoms with Gasteiger partial charge in [-0.05, 0) is 24.3 Å². The maximum atomic E-state index is 2.34. The van der Waals surface area contributed by atoms with Crippen LogP contribution in [0.25, 0.3) is 0 Å². The van der Waals surface area contributed by atoms with Gasteiger partial charge in [-0.15, -0.1) is 0 Å². The first-order valence-corrected chi connectivity index (χ1v) is 4.34. The SMILES string of the molecule is CC(C)C1=C/CC/C=C/C=C\1. The fourth-order valence-corrected chi connectivity index (χ4v) is 1.18. The third-order valence-electron chi connectivity index (χ3n) is 1.92. The summed E-state index contributed by atoms with van der Waals surface area (Å²) in [5.74, 6) is 0.665. The minimum absolute atomic E-state index is 0.665. The molecule has 0 aliphatic heterocycles. The molecule has 0 aromatic heterocycles. The van der Waals surface area contributed by atoms with Crippen LogP contribution >= 0.6 is 0 Å². The first-order valence-electron chi connectivity index (χ1n) is 4.34. The fraction of sp³-hybridized carbons (Fsp3) is 0.455. The molecule has 0 heterocycles. The molecule has 0 radical (unpaired) electrons. The van der Waals surface area contributed by atoms with E-state index in [0.717, 1.165) is 0 Å². The molecular formula is C11H16. The van der Waals surface area contributed by atoms with Gasteiger partial charge in [0.15, 0.2) is 0 Å². The van der Waals surface area contributed by atoms with Crippen molar-refractivity contribution in [3.8, 4) is 0 Å². The lowest BCUT2D eigenvalue weighted by Crippen LogP contribution is -1.90. The van der Waals surface area contributed by atoms with E-state index in [-0.39, 0.29) is 0 Å². The number of rotatable bonds is 1. The predicted molar refractivity (Wildman–Crippen MR) is 50.4 cm³/mol. The minimum Gasteiger partial charge on any atom is -0.0842 e. The third kappa shape index (κ3) is 2.75. The molecule has 0 fully saturated rings. The quantitative estimate of drug-likeness (QED) is 0.534. The summed E-state index contributed by atoms with van der Waals surface area (Å²) >= 11 is 0. The van der Waals surface area contributed by atoms with Crippen molar-refractivity contribution in [3.63, 3.8) is 0 Å². The molecule has 0 aromatic carbocycles. The van der Waals surface area contributed by atoms with E-state index < -0.39 is 0 Å². The van der Waals surface area contributed by atoms with Gasteiger partial charge in [-0.3, -0.25) is 0 Å². The summed E-state index contributed by atoms with van der Waals surface area (Å²) < 4.78 is 0. The van der Waals surface area contributed by atoms with Crippen LogP contribution in [-0.4, -0.2) is 0 Å². The zero-order valence-electron chi connectivity index (χ0n) is 7.38. The highest BCUT2D eigenvalue weighted by Gasteiger charge is 1.97. The van der Waals surface area contributed by atoms with E-state index >= 15 is 0 Å². The van der Waals surface area contributed by atoms with Crippen LogP contribution in [-0.2, 0) is 0 Å². The lowest BCUT2D eigenvalue weighted by molar-refractivity contribution is 0.781. The summed E-state index contributed by atoms with van der Waals surface area (Å²) in [6.45, 7) is 4.48. The zero-order valence-corrected chi connectivity index (χ0v) is 7.38. The minimum atomic E-state index is 0.665. The van der Waals surface area contributed by atoms with Gasteiger partial charge in [0, 0.05) is 0 Å². The largest absolute Gasteiger partial charge is 0.0842 e. The lowest BCUT2D eigenvalue weighted by Gasteiger charge is -2.06. The van der Waals surface area contributed by atoms with Crippen LogP contribution in [0.15, 0.2) is 36.0 Å². The average Bonchev–Trinajstić information content (AvgIpc) is 1.84. The van der Waals surface area contributed by atoms with Gasteiger partial charge in [0.25, 0.3) is 0 Å². The molecule has 0 atom stereocenters. The molecule has 0 heteroatoms. The Balaban J connectivity index is 2.69. The van der Waals surface area contributed by atoms with Gasteiger partial charge in [-0.25, -0.2) is 0 Å². The molecule has 0 unspecified atom stereocenters. The molecule has 0 bridgehead atoms. The van der Waals surface area contributed by atoms with Crippen LogP contribution in [0.3, 0.4) is 0 Å². The van der Waals surface area contributed by atoms with Crippen molar-refractivity contribution in [2.75, 3.05) is 0 Å². The summed E-state index contributed by atoms with van der Waals surface area (Å²) in [6.07, 6.45) is 13.4. The Labute approximate surface area is 69.3 Å². The molecular weight excluding hydrogens is 132 g/mol. The average molecular weight is 148 g/mol. The molecule has 1 aliphatic rings. The normalized spacial score (nSPS) is 28.5. The second kappa shape index (κ2) is 4.17. The van der Waals surface area contributed by atoms with E-state index in [9.17, 15) is 0 Å². The van der Waals surface area contributed by atoms with Gasteiger partial charge in [-0.2, -0.15) is 0 Å². The van der Waals surface area contributed by atoms with Crippen LogP contribution in [0.2, 0.25) is 0 Å². The molecule has 0 saturated carbocycles. The van der Waals surface area contributed by atoms with Gasteiger partial charge in [0.2, 0.25) is 0 Å². The highest BCUT2D eigenvalue weighted by Crippen LogP contribution is 2.14. The van der Waals surface area contributed by atoms with Gasteiger partial charge in [0.1, 0.15) is 0 Å². The van der Waals surface area contributed by atoms with Crippen molar-refractivity contribution < 1.29 is 0 Å². The highest BCUT2D eigenvalue weighted by molar-refractivity contribution is 5.25. The van der Waals surface area contributed by atoms with Crippen molar-refractivity contribution in [3.05, 3.63) is 36.0 Å². The predicted octanol–water partition coefficient (Wildman–Crippen LogP) is 3.48. The zero-order chi connectivity index (χ0) is 8.10. The molecule has 0 N–H and O–H groups in total. The second-order valence-corrected chi connectivity index (χ2v) is 3.22. The van der Waals surface area contributed by atoms with Crippen molar-refractivity contribution >= 4 is 0 Å². The van der Waals surface area contributed by atoms with Crippen LogP contribution in [0.1, 0.15) is 26.7 Å². The molecule has 60 valence electrons. The van der Waals surface area contributed by atoms with Gasteiger partial charge in [0.05, 0.1) is 0 Å². The van der Waals surface area contributed by atoms with Crippen LogP contribution < -0.4 is 0 Å². The molecule has 11 heavy (non-hydrogen) atoms. The van der Waals surface area contributed by atoms with Gasteiger partial charge in [-0.1, -0.05) is 44.2 Å². The van der Waals surface area contributed by atoms with Crippen LogP contribution in [0.4, 0.5) is 0 Å². The first-order chi connectivity index (χ1) is 5.30. The topological polar surface area (TPSA) is 0 Å². The second-order valence-electron chi connectivity index (χ2n) is 3.22. The molecule has 0 saturated heterocycles. The number of hydrogen-bond donors (Lipinski definition) is 0. The molecule has 0 amide bonds. The number of allylic oxidation sites excluding steroid dienone is 6. The summed E-state index contributed by atoms with van der Waals surface area (Å²) in [6, 6.07) is 0. The van der Waals surface area contributed by atoms with E-state index in [1.165, 1.54) is 18.4 Å². The smallest absolute Gasteiger partial charge is 0.0222 e. The van der Waals surface area contributed by atoms with Crippen LogP contribution in [0.5, 0.6) is 0 Å². The van der Waals surface area contributed by atoms with E-state index in [0.29, 0.717) is 5.92 Å². The molecule has 0 aromatic rings. The summed E-state index contributed by atoms with van der Waals surface area (Å²) in [7, 11) is 0. The highest BCUT2D eigenvalue weighted by atomic mass is 14.0. The van der Waals surface area contributed by atoms with Crippen LogP contribution in [0, 0.1) is 5.92 Å². The third-order valence-corrected chi connectivity index (χ3v) is 1.92. The summed E-state index contributed by atoms with van der Waals surface area (Å²) in [5, 5.41) is 0. The van der Waals surface area contributed by atoms with Crippen molar-refractivity contribution in [1.82, 2.24) is 0 Å². The van der Waals surface area contributed by atoms with E-state index in [1.54, 1.807) is 0 Å². The van der Waals surface area contributed by atoms with E-state index in [4.69, 9.17) is 0 Å². The monoisotopic (exact) mass is 148 g/mol. The van der Waals surface area contributed by atoms with Crippen molar-refractivity contribution in [1.29, 1.82) is 0 Å². The Morgan fingerprint density at radius 1 is 1.18 bits per heavy atom. The Morgan fingerprint density at radius 2 is 2.00 bits per heavy atom. The Hall–Kier alpha value is -0.780.